The minimum atomic E-state index is -1.11. The first kappa shape index (κ1) is 35.7. The maximum Gasteiger partial charge on any atom is 0.316 e. The molecule has 2 aliphatic rings. The van der Waals surface area contributed by atoms with Crippen LogP contribution in [-0.2, 0) is 19.2 Å². The predicted octanol–water partition coefficient (Wildman–Crippen LogP) is 3.21. The van der Waals surface area contributed by atoms with E-state index in [1.165, 1.54) is 4.90 Å². The van der Waals surface area contributed by atoms with E-state index >= 15 is 0 Å². The number of Topliss-reactive ketones (excluding diaryl/α,β-unsaturated/α-hetero) is 2. The highest BCUT2D eigenvalue weighted by Gasteiger charge is 2.48. The Kier molecular flexibility index (Phi) is 11.2. The number of urea groups is 1. The molecule has 3 rings (SSSR count). The fraction of sp³-hybridized carbons (Fsp3) is 0.647. The lowest BCUT2D eigenvalue weighted by atomic mass is 9.82. The highest BCUT2D eigenvalue weighted by molar-refractivity contribution is 6.37. The van der Waals surface area contributed by atoms with E-state index in [2.05, 4.69) is 16.0 Å². The third-order valence-corrected chi connectivity index (χ3v) is 8.84. The summed E-state index contributed by atoms with van der Waals surface area (Å²) in [5.41, 5.74) is 4.36. The fourth-order valence-electron chi connectivity index (χ4n) is 6.01. The summed E-state index contributed by atoms with van der Waals surface area (Å²) >= 11 is 0. The average Bonchev–Trinajstić information content (AvgIpc) is 3.65. The molecule has 0 aromatic heterocycles. The molecule has 0 bridgehead atoms. The highest BCUT2D eigenvalue weighted by atomic mass is 16.2. The standard InChI is InChI=1S/C34H51N5O6/c1-19(2)22-16-17-39(24(22)30(43)36-23(18-20-14-15-20)26(41)29(35)42)31(44)28(34(6,7)8)38-32(45)37-27(33(3,4)5)25(40)21-12-10-9-11-13-21/h9-13,19-20,22-24,27-28H,14-18H2,1-8H3,(H2,35,42)(H,36,43)(H2,37,38,45)/t22?,23?,24-,27+,28+/m0/s1. The van der Waals surface area contributed by atoms with Gasteiger partial charge in [-0.3, -0.25) is 24.0 Å². The number of hydrogen-bond donors (Lipinski definition) is 4. The first-order valence-electron chi connectivity index (χ1n) is 15.9. The van der Waals surface area contributed by atoms with Crippen molar-refractivity contribution in [2.45, 2.75) is 105 Å². The number of nitrogens with zero attached hydrogens (tertiary/aromatic N) is 1. The summed E-state index contributed by atoms with van der Waals surface area (Å²) in [6.45, 7) is 15.2. The largest absolute Gasteiger partial charge is 0.363 e. The minimum absolute atomic E-state index is 0.0353. The van der Waals surface area contributed by atoms with Gasteiger partial charge in [-0.05, 0) is 41.4 Å². The molecule has 45 heavy (non-hydrogen) atoms. The molecule has 1 aliphatic carbocycles. The van der Waals surface area contributed by atoms with Crippen molar-refractivity contribution in [3.63, 3.8) is 0 Å². The lowest BCUT2D eigenvalue weighted by Crippen LogP contribution is -2.62. The van der Waals surface area contributed by atoms with Crippen LogP contribution in [-0.4, -0.2) is 70.9 Å². The fourth-order valence-corrected chi connectivity index (χ4v) is 6.01. The first-order chi connectivity index (χ1) is 20.8. The summed E-state index contributed by atoms with van der Waals surface area (Å²) in [5, 5.41) is 8.37. The van der Waals surface area contributed by atoms with Crippen LogP contribution in [0, 0.1) is 28.6 Å². The Morgan fingerprint density at radius 3 is 1.89 bits per heavy atom. The summed E-state index contributed by atoms with van der Waals surface area (Å²) in [6.07, 6.45) is 2.70. The quantitative estimate of drug-likeness (QED) is 0.206. The van der Waals surface area contributed by atoms with Crippen LogP contribution in [0.15, 0.2) is 30.3 Å². The van der Waals surface area contributed by atoms with Crippen molar-refractivity contribution in [1.29, 1.82) is 0 Å². The van der Waals surface area contributed by atoms with Crippen LogP contribution in [0.3, 0.4) is 0 Å². The summed E-state index contributed by atoms with van der Waals surface area (Å²) in [4.78, 5) is 80.8. The zero-order valence-corrected chi connectivity index (χ0v) is 27.9. The number of carbonyl (C=O) groups excluding carboxylic acids is 6. The third-order valence-electron chi connectivity index (χ3n) is 8.84. The van der Waals surface area contributed by atoms with E-state index in [1.54, 1.807) is 30.3 Å². The molecule has 1 heterocycles. The second-order valence-electron chi connectivity index (χ2n) is 15.1. The van der Waals surface area contributed by atoms with Gasteiger partial charge in [0.15, 0.2) is 5.78 Å². The molecule has 0 radical (unpaired) electrons. The summed E-state index contributed by atoms with van der Waals surface area (Å²) in [5.74, 6) is -3.10. The number of ketones is 2. The molecule has 5 atom stereocenters. The number of amides is 5. The summed E-state index contributed by atoms with van der Waals surface area (Å²) in [7, 11) is 0. The Morgan fingerprint density at radius 1 is 0.844 bits per heavy atom. The van der Waals surface area contributed by atoms with E-state index in [4.69, 9.17) is 5.73 Å². The number of hydrogen-bond acceptors (Lipinski definition) is 6. The Balaban J connectivity index is 1.85. The van der Waals surface area contributed by atoms with Gasteiger partial charge in [0.1, 0.15) is 12.1 Å². The molecule has 1 aliphatic heterocycles. The van der Waals surface area contributed by atoms with Gasteiger partial charge in [0.05, 0.1) is 12.1 Å². The molecule has 2 unspecified atom stereocenters. The number of benzene rings is 1. The monoisotopic (exact) mass is 625 g/mol. The van der Waals surface area contributed by atoms with Crippen molar-refractivity contribution in [3.05, 3.63) is 35.9 Å². The highest BCUT2D eigenvalue weighted by Crippen LogP contribution is 2.35. The molecular formula is C34H51N5O6. The number of likely N-dealkylation sites (tertiary alicyclic amines) is 1. The lowest BCUT2D eigenvalue weighted by Gasteiger charge is -2.38. The van der Waals surface area contributed by atoms with Gasteiger partial charge in [0.25, 0.3) is 5.91 Å². The SMILES string of the molecule is CC(C)C1CCN(C(=O)[C@@H](NC(=O)N[C@H](C(=O)c2ccccc2)C(C)(C)C)C(C)(C)C)[C@@H]1C(=O)NC(CC1CC1)C(=O)C(N)=O. The predicted molar refractivity (Wildman–Crippen MR) is 171 cm³/mol. The molecule has 248 valence electrons. The van der Waals surface area contributed by atoms with Crippen molar-refractivity contribution >= 4 is 35.3 Å². The molecule has 0 spiro atoms. The number of nitrogens with one attached hydrogen (secondary N) is 3. The van der Waals surface area contributed by atoms with E-state index in [0.29, 0.717) is 18.4 Å². The van der Waals surface area contributed by atoms with Gasteiger partial charge in [0.2, 0.25) is 17.6 Å². The Bertz CT molecular complexity index is 1280. The molecule has 1 aromatic carbocycles. The van der Waals surface area contributed by atoms with E-state index in [-0.39, 0.29) is 30.1 Å². The van der Waals surface area contributed by atoms with Crippen LogP contribution < -0.4 is 21.7 Å². The van der Waals surface area contributed by atoms with Crippen LogP contribution in [0.1, 0.15) is 91.4 Å². The molecule has 1 saturated heterocycles. The van der Waals surface area contributed by atoms with Gasteiger partial charge in [-0.25, -0.2) is 4.79 Å². The number of primary amides is 1. The smallest absolute Gasteiger partial charge is 0.316 e. The van der Waals surface area contributed by atoms with Crippen molar-refractivity contribution < 1.29 is 28.8 Å². The number of carbonyl (C=O) groups is 6. The minimum Gasteiger partial charge on any atom is -0.363 e. The molecular weight excluding hydrogens is 574 g/mol. The summed E-state index contributed by atoms with van der Waals surface area (Å²) in [6, 6.07) is 4.15. The number of nitrogens with two attached hydrogens (primary N) is 1. The van der Waals surface area contributed by atoms with Gasteiger partial charge >= 0.3 is 6.03 Å². The van der Waals surface area contributed by atoms with Crippen molar-refractivity contribution in [1.82, 2.24) is 20.9 Å². The van der Waals surface area contributed by atoms with E-state index < -0.39 is 64.5 Å². The van der Waals surface area contributed by atoms with Crippen LogP contribution in [0.5, 0.6) is 0 Å². The van der Waals surface area contributed by atoms with Gasteiger partial charge in [-0.15, -0.1) is 0 Å². The van der Waals surface area contributed by atoms with E-state index in [1.807, 2.05) is 55.4 Å². The zero-order valence-electron chi connectivity index (χ0n) is 27.9. The molecule has 1 aromatic rings. The average molecular weight is 626 g/mol. The van der Waals surface area contributed by atoms with Crippen LogP contribution >= 0.6 is 0 Å². The molecule has 11 nitrogen and oxygen atoms in total. The first-order valence-corrected chi connectivity index (χ1v) is 15.9. The van der Waals surface area contributed by atoms with Gasteiger partial charge in [-0.2, -0.15) is 0 Å². The van der Waals surface area contributed by atoms with Gasteiger partial charge in [0, 0.05) is 12.1 Å². The second-order valence-corrected chi connectivity index (χ2v) is 15.1. The van der Waals surface area contributed by atoms with Crippen LogP contribution in [0.2, 0.25) is 0 Å². The van der Waals surface area contributed by atoms with Crippen LogP contribution in [0.4, 0.5) is 4.79 Å². The molecule has 2 fully saturated rings. The van der Waals surface area contributed by atoms with Crippen molar-refractivity contribution in [3.8, 4) is 0 Å². The van der Waals surface area contributed by atoms with Crippen molar-refractivity contribution in [2.75, 3.05) is 6.54 Å². The Hall–Kier alpha value is -3.76. The van der Waals surface area contributed by atoms with E-state index in [9.17, 15) is 28.8 Å². The van der Waals surface area contributed by atoms with Gasteiger partial charge < -0.3 is 26.6 Å². The molecule has 5 N–H and O–H groups in total. The topological polar surface area (TPSA) is 168 Å². The Labute approximate surface area is 266 Å². The molecule has 11 heteroatoms. The molecule has 1 saturated carbocycles. The van der Waals surface area contributed by atoms with Crippen molar-refractivity contribution in [2.24, 2.45) is 34.3 Å². The maximum atomic E-state index is 14.3. The second kappa shape index (κ2) is 14.1. The Morgan fingerprint density at radius 2 is 1.40 bits per heavy atom. The maximum absolute atomic E-state index is 14.3. The zero-order chi connectivity index (χ0) is 33.9. The number of rotatable bonds is 12. The molecule has 5 amide bonds. The van der Waals surface area contributed by atoms with Crippen LogP contribution in [0.25, 0.3) is 0 Å². The van der Waals surface area contributed by atoms with E-state index in [0.717, 1.165) is 12.8 Å². The normalized spacial score (nSPS) is 20.6. The third kappa shape index (κ3) is 9.14. The van der Waals surface area contributed by atoms with Gasteiger partial charge in [-0.1, -0.05) is 98.6 Å². The summed E-state index contributed by atoms with van der Waals surface area (Å²) < 4.78 is 0. The lowest BCUT2D eigenvalue weighted by molar-refractivity contribution is -0.144.